The molecule has 0 aromatic carbocycles. The van der Waals surface area contributed by atoms with E-state index in [-0.39, 0.29) is 12.7 Å². The third-order valence-electron chi connectivity index (χ3n) is 6.24. The fourth-order valence-electron chi connectivity index (χ4n) is 3.86. The molecule has 0 amide bonds. The molecule has 0 aliphatic heterocycles. The lowest BCUT2D eigenvalue weighted by Crippen LogP contribution is -2.34. The molecule has 11 heteroatoms. The Hall–Kier alpha value is -0.580. The average Bonchev–Trinajstić information content (AvgIpc) is 2.87. The van der Waals surface area contributed by atoms with Gasteiger partial charge in [0, 0.05) is 7.11 Å². The van der Waals surface area contributed by atoms with Crippen LogP contribution in [0.2, 0.25) is 0 Å². The first-order valence-corrected chi connectivity index (χ1v) is 15.6. The quantitative estimate of drug-likeness (QED) is 0.0748. The van der Waals surface area contributed by atoms with E-state index in [0.717, 1.165) is 19.3 Å². The maximum Gasteiger partial charge on any atom is 0.472 e. The third kappa shape index (κ3) is 24.2. The Kier molecular flexibility index (Phi) is 24.1. The van der Waals surface area contributed by atoms with Crippen LogP contribution < -0.4 is 5.73 Å². The molecule has 5 N–H and O–H groups in total. The van der Waals surface area contributed by atoms with Crippen molar-refractivity contribution < 1.29 is 43.0 Å². The number of hydrogen-bond acceptors (Lipinski definition) is 8. The molecule has 4 atom stereocenters. The first-order chi connectivity index (χ1) is 17.7. The molecule has 0 radical (unpaired) electrons. The van der Waals surface area contributed by atoms with Gasteiger partial charge < -0.3 is 30.3 Å². The van der Waals surface area contributed by atoms with E-state index in [1.54, 1.807) is 7.11 Å². The fourth-order valence-corrected chi connectivity index (χ4v) is 4.64. The van der Waals surface area contributed by atoms with Crippen molar-refractivity contribution in [3.05, 3.63) is 0 Å². The Labute approximate surface area is 224 Å². The van der Waals surface area contributed by atoms with Crippen molar-refractivity contribution >= 4 is 13.8 Å². The van der Waals surface area contributed by atoms with Gasteiger partial charge in [-0.2, -0.15) is 0 Å². The monoisotopic (exact) mass is 555 g/mol. The zero-order valence-corrected chi connectivity index (χ0v) is 24.1. The molecule has 0 fully saturated rings. The van der Waals surface area contributed by atoms with Crippen molar-refractivity contribution in [3.8, 4) is 0 Å². The Balaban J connectivity index is 3.65. The number of hydrogen-bond donors (Lipinski definition) is 4. The maximum atomic E-state index is 11.7. The van der Waals surface area contributed by atoms with Crippen LogP contribution in [0.5, 0.6) is 0 Å². The molecule has 0 spiro atoms. The van der Waals surface area contributed by atoms with Crippen LogP contribution in [0.1, 0.15) is 110 Å². The summed E-state index contributed by atoms with van der Waals surface area (Å²) < 4.78 is 31.7. The largest absolute Gasteiger partial charge is 0.480 e. The van der Waals surface area contributed by atoms with Gasteiger partial charge in [0.1, 0.15) is 12.1 Å². The normalized spacial score (nSPS) is 15.8. The summed E-state index contributed by atoms with van der Waals surface area (Å²) in [5, 5.41) is 18.5. The lowest BCUT2D eigenvalue weighted by atomic mass is 10.0. The highest BCUT2D eigenvalue weighted by Gasteiger charge is 2.25. The summed E-state index contributed by atoms with van der Waals surface area (Å²) in [7, 11) is -2.90. The predicted octanol–water partition coefficient (Wildman–Crippen LogP) is 5.19. The lowest BCUT2D eigenvalue weighted by Gasteiger charge is -2.18. The Morgan fingerprint density at radius 3 is 1.70 bits per heavy atom. The van der Waals surface area contributed by atoms with E-state index < -0.39 is 39.2 Å². The molecule has 0 rings (SSSR count). The number of rotatable bonds is 28. The standard InChI is InChI=1S/C26H54NO9P/c1-3-4-5-6-7-8-9-10-11-12-13-14-15-16-17-18-24(33-2)21-34-19-23(28)20-35-37(31,32)36-22-25(27)26(29)30/h23-25,28H,3-22,27H2,1-2H3,(H,29,30)(H,31,32)/t23-,24?,25+/m1/s1. The summed E-state index contributed by atoms with van der Waals surface area (Å²) in [5.41, 5.74) is 5.20. The van der Waals surface area contributed by atoms with Crippen molar-refractivity contribution in [1.82, 2.24) is 0 Å². The smallest absolute Gasteiger partial charge is 0.472 e. The molecule has 2 unspecified atom stereocenters. The van der Waals surface area contributed by atoms with Crippen LogP contribution in [0.4, 0.5) is 0 Å². The van der Waals surface area contributed by atoms with Crippen molar-refractivity contribution in [2.24, 2.45) is 5.73 Å². The summed E-state index contributed by atoms with van der Waals surface area (Å²) in [6.07, 6.45) is 19.4. The molecule has 222 valence electrons. The molecule has 0 aliphatic rings. The summed E-state index contributed by atoms with van der Waals surface area (Å²) >= 11 is 0. The van der Waals surface area contributed by atoms with Gasteiger partial charge in [0.15, 0.2) is 0 Å². The van der Waals surface area contributed by atoms with E-state index in [2.05, 4.69) is 16.0 Å². The van der Waals surface area contributed by atoms with Crippen molar-refractivity contribution in [2.75, 3.05) is 33.5 Å². The van der Waals surface area contributed by atoms with Gasteiger partial charge in [-0.3, -0.25) is 13.8 Å². The van der Waals surface area contributed by atoms with Gasteiger partial charge in [-0.15, -0.1) is 0 Å². The van der Waals surface area contributed by atoms with E-state index in [0.29, 0.717) is 6.61 Å². The van der Waals surface area contributed by atoms with Crippen molar-refractivity contribution in [3.63, 3.8) is 0 Å². The number of aliphatic hydroxyl groups is 1. The number of ether oxygens (including phenoxy) is 2. The highest BCUT2D eigenvalue weighted by Crippen LogP contribution is 2.43. The molecule has 37 heavy (non-hydrogen) atoms. The van der Waals surface area contributed by atoms with Crippen molar-refractivity contribution in [2.45, 2.75) is 128 Å². The number of phosphoric acid groups is 1. The second-order valence-corrected chi connectivity index (χ2v) is 11.2. The van der Waals surface area contributed by atoms with Gasteiger partial charge in [0.25, 0.3) is 0 Å². The number of aliphatic hydroxyl groups excluding tert-OH is 1. The fraction of sp³-hybridized carbons (Fsp3) is 0.962. The zero-order valence-electron chi connectivity index (χ0n) is 23.2. The van der Waals surface area contributed by atoms with E-state index in [9.17, 15) is 19.4 Å². The number of aliphatic carboxylic acids is 1. The molecule has 0 heterocycles. The van der Waals surface area contributed by atoms with Crippen LogP contribution in [0.25, 0.3) is 0 Å². The van der Waals surface area contributed by atoms with Gasteiger partial charge in [-0.05, 0) is 6.42 Å². The molecule has 0 saturated heterocycles. The summed E-state index contributed by atoms with van der Waals surface area (Å²) in [6.45, 7) is 1.26. The highest BCUT2D eigenvalue weighted by molar-refractivity contribution is 7.47. The molecule has 0 bridgehead atoms. The van der Waals surface area contributed by atoms with Gasteiger partial charge >= 0.3 is 13.8 Å². The van der Waals surface area contributed by atoms with Gasteiger partial charge in [0.2, 0.25) is 0 Å². The minimum absolute atomic E-state index is 0.0835. The van der Waals surface area contributed by atoms with Crippen LogP contribution >= 0.6 is 7.82 Å². The average molecular weight is 556 g/mol. The minimum atomic E-state index is -4.52. The Morgan fingerprint density at radius 1 is 0.784 bits per heavy atom. The SMILES string of the molecule is CCCCCCCCCCCCCCCCCC(COC[C@@H](O)COP(=O)(O)OC[C@H](N)C(=O)O)OC. The molecule has 0 aliphatic carbocycles. The van der Waals surface area contributed by atoms with E-state index >= 15 is 0 Å². The first-order valence-electron chi connectivity index (χ1n) is 14.1. The van der Waals surface area contributed by atoms with E-state index in [1.165, 1.54) is 83.5 Å². The second kappa shape index (κ2) is 24.5. The van der Waals surface area contributed by atoms with Crippen LogP contribution in [0.15, 0.2) is 0 Å². The molecule has 0 aromatic rings. The van der Waals surface area contributed by atoms with E-state index in [4.69, 9.17) is 20.3 Å². The summed E-state index contributed by atoms with van der Waals surface area (Å²) in [4.78, 5) is 20.1. The minimum Gasteiger partial charge on any atom is -0.480 e. The zero-order chi connectivity index (χ0) is 27.8. The number of nitrogens with two attached hydrogens (primary N) is 1. The number of carboxylic acid groups (broad SMARTS) is 1. The van der Waals surface area contributed by atoms with Gasteiger partial charge in [-0.25, -0.2) is 4.57 Å². The van der Waals surface area contributed by atoms with Crippen LogP contribution in [-0.2, 0) is 27.9 Å². The van der Waals surface area contributed by atoms with Crippen molar-refractivity contribution in [1.29, 1.82) is 0 Å². The number of phosphoric ester groups is 1. The van der Waals surface area contributed by atoms with Crippen LogP contribution in [0.3, 0.4) is 0 Å². The summed E-state index contributed by atoms with van der Waals surface area (Å²) in [5.74, 6) is -1.37. The molecule has 0 aromatic heterocycles. The number of methoxy groups -OCH3 is 1. The predicted molar refractivity (Wildman–Crippen MR) is 145 cm³/mol. The van der Waals surface area contributed by atoms with E-state index in [1.807, 2.05) is 0 Å². The topological polar surface area (TPSA) is 158 Å². The number of unbranched alkanes of at least 4 members (excludes halogenated alkanes) is 14. The maximum absolute atomic E-state index is 11.7. The van der Waals surface area contributed by atoms with Gasteiger partial charge in [0.05, 0.1) is 32.5 Å². The highest BCUT2D eigenvalue weighted by atomic mass is 31.2. The first kappa shape index (κ1) is 36.4. The lowest BCUT2D eigenvalue weighted by molar-refractivity contribution is -0.139. The van der Waals surface area contributed by atoms with Gasteiger partial charge in [-0.1, -0.05) is 103 Å². The van der Waals surface area contributed by atoms with Crippen LogP contribution in [0, 0.1) is 0 Å². The Bertz CT molecular complexity index is 582. The Morgan fingerprint density at radius 2 is 1.24 bits per heavy atom. The third-order valence-corrected chi connectivity index (χ3v) is 7.19. The number of carboxylic acids is 1. The molecular formula is C26H54NO9P. The van der Waals surface area contributed by atoms with Crippen LogP contribution in [-0.4, -0.2) is 72.9 Å². The summed E-state index contributed by atoms with van der Waals surface area (Å²) in [6, 6.07) is -1.45. The number of carbonyl (C=O) groups is 1. The molecule has 10 nitrogen and oxygen atoms in total. The molecule has 0 saturated carbocycles. The second-order valence-electron chi connectivity index (χ2n) is 9.79. The molecular weight excluding hydrogens is 501 g/mol.